The number of sulfonamides is 1. The summed E-state index contributed by atoms with van der Waals surface area (Å²) in [7, 11) is -1.97. The molecule has 0 aliphatic carbocycles. The normalized spacial score (nSPS) is 16.7. The number of hydrogen-bond acceptors (Lipinski definition) is 5. The summed E-state index contributed by atoms with van der Waals surface area (Å²) in [6.45, 7) is 2.88. The molecule has 3 rings (SSSR count). The smallest absolute Gasteiger partial charge is 0.239 e. The minimum absolute atomic E-state index is 0.198. The van der Waals surface area contributed by atoms with Crippen molar-refractivity contribution in [3.8, 4) is 11.5 Å². The fraction of sp³-hybridized carbons (Fsp3) is 0.381. The van der Waals surface area contributed by atoms with Gasteiger partial charge in [-0.2, -0.15) is 4.31 Å². The molecule has 156 valence electrons. The Morgan fingerprint density at radius 2 is 1.90 bits per heavy atom. The average molecular weight is 419 g/mol. The number of benzene rings is 2. The van der Waals surface area contributed by atoms with E-state index in [1.807, 2.05) is 37.3 Å². The average Bonchev–Trinajstić information content (AvgIpc) is 2.71. The van der Waals surface area contributed by atoms with Crippen LogP contribution >= 0.6 is 0 Å². The van der Waals surface area contributed by atoms with Crippen molar-refractivity contribution in [1.82, 2.24) is 9.62 Å². The molecule has 1 amide bonds. The van der Waals surface area contributed by atoms with Gasteiger partial charge in [-0.15, -0.1) is 0 Å². The molecule has 1 atom stereocenters. The molecule has 29 heavy (non-hydrogen) atoms. The molecule has 1 aliphatic rings. The molecular weight excluding hydrogens is 392 g/mol. The number of fused-ring (bicyclic) bond motifs is 1. The molecule has 0 fully saturated rings. The Kier molecular flexibility index (Phi) is 6.44. The molecule has 2 aromatic rings. The Hall–Kier alpha value is -2.58. The van der Waals surface area contributed by atoms with Crippen LogP contribution in [0.2, 0.25) is 0 Å². The van der Waals surface area contributed by atoms with Crippen molar-refractivity contribution in [1.29, 1.82) is 0 Å². The lowest BCUT2D eigenvalue weighted by molar-refractivity contribution is -0.125. The van der Waals surface area contributed by atoms with Crippen LogP contribution in [-0.2, 0) is 34.3 Å². The lowest BCUT2D eigenvalue weighted by Crippen LogP contribution is -2.52. The number of ether oxygens (including phenoxy) is 2. The second-order valence-corrected chi connectivity index (χ2v) is 8.87. The Labute approximate surface area is 171 Å². The molecule has 0 radical (unpaired) electrons. The van der Waals surface area contributed by atoms with Crippen LogP contribution in [0.25, 0.3) is 0 Å². The zero-order valence-electron chi connectivity index (χ0n) is 16.8. The van der Waals surface area contributed by atoms with Crippen LogP contribution in [0, 0.1) is 0 Å². The molecule has 0 spiro atoms. The first-order valence-electron chi connectivity index (χ1n) is 9.44. The van der Waals surface area contributed by atoms with Gasteiger partial charge in [0, 0.05) is 13.1 Å². The predicted molar refractivity (Wildman–Crippen MR) is 110 cm³/mol. The highest BCUT2D eigenvalue weighted by Crippen LogP contribution is 2.28. The molecule has 1 unspecified atom stereocenters. The van der Waals surface area contributed by atoms with Gasteiger partial charge in [-0.3, -0.25) is 4.79 Å². The summed E-state index contributed by atoms with van der Waals surface area (Å²) >= 11 is 0. The van der Waals surface area contributed by atoms with Gasteiger partial charge in [-0.05, 0) is 42.2 Å². The van der Waals surface area contributed by atoms with Crippen LogP contribution in [0.4, 0.5) is 0 Å². The number of carbonyl (C=O) groups excluding carboxylic acids is 1. The quantitative estimate of drug-likeness (QED) is 0.744. The minimum atomic E-state index is -3.53. The molecule has 1 heterocycles. The van der Waals surface area contributed by atoms with Crippen LogP contribution in [0.3, 0.4) is 0 Å². The summed E-state index contributed by atoms with van der Waals surface area (Å²) in [4.78, 5) is 12.9. The number of nitrogens with zero attached hydrogens (tertiary/aromatic N) is 1. The van der Waals surface area contributed by atoms with E-state index in [1.165, 1.54) is 4.31 Å². The third-order valence-electron chi connectivity index (χ3n) is 4.93. The standard InChI is InChI=1S/C21H26N2O5S/c1-4-28-19-10-9-15(11-20(19)27-2)13-22-21(24)18-12-16-7-5-6-8-17(16)14-23(18)29(3,25)26/h5-11,18H,4,12-14H2,1-3H3,(H,22,24). The van der Waals surface area contributed by atoms with Crippen molar-refractivity contribution >= 4 is 15.9 Å². The highest BCUT2D eigenvalue weighted by molar-refractivity contribution is 7.88. The molecule has 8 heteroatoms. The molecule has 0 bridgehead atoms. The first kappa shape index (κ1) is 21.1. The summed E-state index contributed by atoms with van der Waals surface area (Å²) < 4.78 is 36.7. The number of carbonyl (C=O) groups is 1. The SMILES string of the molecule is CCOc1ccc(CNC(=O)C2Cc3ccccc3CN2S(C)(=O)=O)cc1OC. The van der Waals surface area contributed by atoms with Gasteiger partial charge < -0.3 is 14.8 Å². The van der Waals surface area contributed by atoms with E-state index in [0.29, 0.717) is 24.5 Å². The molecule has 1 N–H and O–H groups in total. The highest BCUT2D eigenvalue weighted by Gasteiger charge is 2.36. The Bertz CT molecular complexity index is 990. The third kappa shape index (κ3) is 4.89. The summed E-state index contributed by atoms with van der Waals surface area (Å²) in [5.41, 5.74) is 2.76. The number of hydrogen-bond donors (Lipinski definition) is 1. The van der Waals surface area contributed by atoms with Gasteiger partial charge in [0.05, 0.1) is 20.0 Å². The number of methoxy groups -OCH3 is 1. The zero-order valence-corrected chi connectivity index (χ0v) is 17.7. The van der Waals surface area contributed by atoms with Crippen molar-refractivity contribution in [2.24, 2.45) is 0 Å². The van der Waals surface area contributed by atoms with Gasteiger partial charge in [-0.1, -0.05) is 30.3 Å². The molecule has 2 aromatic carbocycles. The maximum Gasteiger partial charge on any atom is 0.239 e. The number of nitrogens with one attached hydrogen (secondary N) is 1. The predicted octanol–water partition coefficient (Wildman–Crippen LogP) is 2.10. The van der Waals surface area contributed by atoms with Gasteiger partial charge >= 0.3 is 0 Å². The van der Waals surface area contributed by atoms with Crippen molar-refractivity contribution < 1.29 is 22.7 Å². The second-order valence-electron chi connectivity index (χ2n) is 6.93. The van der Waals surface area contributed by atoms with E-state index in [0.717, 1.165) is 22.9 Å². The van der Waals surface area contributed by atoms with Gasteiger partial charge in [0.2, 0.25) is 15.9 Å². The van der Waals surface area contributed by atoms with Crippen LogP contribution in [0.15, 0.2) is 42.5 Å². The molecule has 1 aliphatic heterocycles. The lowest BCUT2D eigenvalue weighted by atomic mass is 9.95. The number of amides is 1. The number of rotatable bonds is 7. The van der Waals surface area contributed by atoms with Gasteiger partial charge in [0.25, 0.3) is 0 Å². The van der Waals surface area contributed by atoms with E-state index >= 15 is 0 Å². The van der Waals surface area contributed by atoms with E-state index in [4.69, 9.17) is 9.47 Å². The molecule has 0 saturated heterocycles. The Morgan fingerprint density at radius 1 is 1.17 bits per heavy atom. The third-order valence-corrected chi connectivity index (χ3v) is 6.16. The van der Waals surface area contributed by atoms with Crippen molar-refractivity contribution in [2.45, 2.75) is 32.5 Å². The molecule has 0 saturated carbocycles. The van der Waals surface area contributed by atoms with Gasteiger partial charge in [0.15, 0.2) is 11.5 Å². The fourth-order valence-corrected chi connectivity index (χ4v) is 4.48. The van der Waals surface area contributed by atoms with Crippen LogP contribution in [0.5, 0.6) is 11.5 Å². The fourth-order valence-electron chi connectivity index (χ4n) is 3.47. The van der Waals surface area contributed by atoms with Crippen LogP contribution < -0.4 is 14.8 Å². The molecular formula is C21H26N2O5S. The summed E-state index contributed by atoms with van der Waals surface area (Å²) in [6.07, 6.45) is 1.49. The largest absolute Gasteiger partial charge is 0.493 e. The van der Waals surface area contributed by atoms with Crippen molar-refractivity contribution in [3.63, 3.8) is 0 Å². The zero-order chi connectivity index (χ0) is 21.0. The van der Waals surface area contributed by atoms with Gasteiger partial charge in [0.1, 0.15) is 6.04 Å². The lowest BCUT2D eigenvalue weighted by Gasteiger charge is -2.34. The van der Waals surface area contributed by atoms with Gasteiger partial charge in [-0.25, -0.2) is 8.42 Å². The van der Waals surface area contributed by atoms with E-state index in [2.05, 4.69) is 5.32 Å². The minimum Gasteiger partial charge on any atom is -0.493 e. The first-order valence-corrected chi connectivity index (χ1v) is 11.3. The Morgan fingerprint density at radius 3 is 2.55 bits per heavy atom. The Balaban J connectivity index is 1.75. The van der Waals surface area contributed by atoms with E-state index in [-0.39, 0.29) is 19.0 Å². The first-order chi connectivity index (χ1) is 13.8. The molecule has 0 aromatic heterocycles. The van der Waals surface area contributed by atoms with E-state index in [9.17, 15) is 13.2 Å². The maximum atomic E-state index is 12.9. The van der Waals surface area contributed by atoms with Crippen molar-refractivity contribution in [2.75, 3.05) is 20.0 Å². The van der Waals surface area contributed by atoms with Crippen LogP contribution in [0.1, 0.15) is 23.6 Å². The highest BCUT2D eigenvalue weighted by atomic mass is 32.2. The monoisotopic (exact) mass is 418 g/mol. The van der Waals surface area contributed by atoms with Crippen LogP contribution in [-0.4, -0.2) is 44.6 Å². The summed E-state index contributed by atoms with van der Waals surface area (Å²) in [6, 6.07) is 12.3. The topological polar surface area (TPSA) is 84.9 Å². The second kappa shape index (κ2) is 8.84. The summed E-state index contributed by atoms with van der Waals surface area (Å²) in [5, 5.41) is 2.86. The molecule has 7 nitrogen and oxygen atoms in total. The van der Waals surface area contributed by atoms with E-state index in [1.54, 1.807) is 19.2 Å². The van der Waals surface area contributed by atoms with Crippen molar-refractivity contribution in [3.05, 3.63) is 59.2 Å². The maximum absolute atomic E-state index is 12.9. The van der Waals surface area contributed by atoms with E-state index < -0.39 is 16.1 Å². The summed E-state index contributed by atoms with van der Waals surface area (Å²) in [5.74, 6) is 0.901.